The Morgan fingerprint density at radius 1 is 0.415 bits per heavy atom. The maximum absolute atomic E-state index is 5.99. The third-order valence-electron chi connectivity index (χ3n) is 18.7. The Kier molecular flexibility index (Phi) is 8.87. The van der Waals surface area contributed by atoms with Gasteiger partial charge in [0.15, 0.2) is 0 Å². The van der Waals surface area contributed by atoms with Gasteiger partial charge in [0, 0.05) is 0 Å². The van der Waals surface area contributed by atoms with E-state index < -0.39 is 32.3 Å². The van der Waals surface area contributed by atoms with Gasteiger partial charge in [0.2, 0.25) is 0 Å². The van der Waals surface area contributed by atoms with Crippen molar-refractivity contribution >= 4 is 53.0 Å². The molecular weight excluding hydrogens is 709 g/mol. The van der Waals surface area contributed by atoms with Gasteiger partial charge in [-0.05, 0) is 104 Å². The van der Waals surface area contributed by atoms with Crippen LogP contribution in [0, 0.1) is 53.3 Å². The quantitative estimate of drug-likeness (QED) is 0.141. The van der Waals surface area contributed by atoms with Crippen LogP contribution in [0.3, 0.4) is 0 Å². The van der Waals surface area contributed by atoms with E-state index in [0.29, 0.717) is 24.4 Å². The molecule has 10 rings (SSSR count). The standard InChI is InChI=1S/C47H72O2Si4/c1-50(2,37-9-11-38(12-10-37)51(3,4)21-18-31-24-35-27-41(31)46-44(35)48-46)20-17-30-23-34-26-33(30)29-43(34)53(7,8)40-15-13-39(14-16-40)52(5,6)22-19-32-25-36-28-42(32)47-45(36)49-47/h9-16,30-36,41-47H,17-29H2,1-8H3. The summed E-state index contributed by atoms with van der Waals surface area (Å²) in [7, 11) is -5.78. The van der Waals surface area contributed by atoms with Gasteiger partial charge in [-0.2, -0.15) is 0 Å². The number of epoxide rings is 2. The molecule has 2 nitrogen and oxygen atoms in total. The summed E-state index contributed by atoms with van der Waals surface area (Å²) in [6, 6.07) is 25.2. The zero-order valence-electron chi connectivity index (χ0n) is 34.7. The number of ether oxygens (including phenoxy) is 2. The zero-order chi connectivity index (χ0) is 36.7. The van der Waals surface area contributed by atoms with Gasteiger partial charge in [0.1, 0.15) is 0 Å². The Bertz CT molecular complexity index is 1680. The maximum atomic E-state index is 5.99. The van der Waals surface area contributed by atoms with Crippen LogP contribution in [0.2, 0.25) is 76.0 Å². The van der Waals surface area contributed by atoms with Crippen LogP contribution in [-0.2, 0) is 9.47 Å². The van der Waals surface area contributed by atoms with Crippen molar-refractivity contribution in [2.45, 2.75) is 165 Å². The average molecular weight is 781 g/mol. The molecule has 6 bridgehead atoms. The summed E-state index contributed by atoms with van der Waals surface area (Å²) in [5.74, 6) is 8.52. The lowest BCUT2D eigenvalue weighted by molar-refractivity contribution is 0.248. The van der Waals surface area contributed by atoms with E-state index in [4.69, 9.17) is 9.47 Å². The second kappa shape index (κ2) is 12.9. The summed E-state index contributed by atoms with van der Waals surface area (Å²) < 4.78 is 12.0. The Hall–Kier alpha value is -0.772. The number of rotatable bonds is 14. The second-order valence-corrected chi connectivity index (χ2v) is 42.5. The molecule has 14 atom stereocenters. The zero-order valence-corrected chi connectivity index (χ0v) is 38.7. The monoisotopic (exact) mass is 780 g/mol. The van der Waals surface area contributed by atoms with Crippen LogP contribution in [-0.4, -0.2) is 56.7 Å². The molecule has 0 radical (unpaired) electrons. The van der Waals surface area contributed by atoms with E-state index >= 15 is 0 Å². The summed E-state index contributed by atoms with van der Waals surface area (Å²) >= 11 is 0. The van der Waals surface area contributed by atoms with Crippen molar-refractivity contribution in [3.8, 4) is 0 Å². The first-order chi connectivity index (χ1) is 25.2. The molecule has 0 aromatic heterocycles. The Balaban J connectivity index is 0.705. The van der Waals surface area contributed by atoms with Gasteiger partial charge in [-0.3, -0.25) is 0 Å². The molecule has 2 aromatic carbocycles. The second-order valence-electron chi connectivity index (χ2n) is 23.2. The molecule has 6 heteroatoms. The molecule has 2 saturated heterocycles. The van der Waals surface area contributed by atoms with Crippen molar-refractivity contribution < 1.29 is 9.47 Å². The fraction of sp³-hybridized carbons (Fsp3) is 0.745. The van der Waals surface area contributed by atoms with Crippen LogP contribution in [0.15, 0.2) is 48.5 Å². The fourth-order valence-corrected chi connectivity index (χ4v) is 25.9. The van der Waals surface area contributed by atoms with Crippen molar-refractivity contribution in [3.05, 3.63) is 48.5 Å². The van der Waals surface area contributed by atoms with E-state index in [2.05, 4.69) is 101 Å². The number of fused-ring (bicyclic) bond motifs is 12. The van der Waals surface area contributed by atoms with Gasteiger partial charge in [0.25, 0.3) is 0 Å². The molecule has 8 aliphatic rings. The van der Waals surface area contributed by atoms with E-state index in [0.717, 1.165) is 58.8 Å². The summed E-state index contributed by atoms with van der Waals surface area (Å²) in [6.07, 6.45) is 17.5. The molecule has 0 spiro atoms. The molecule has 2 heterocycles. The summed E-state index contributed by atoms with van der Waals surface area (Å²) in [4.78, 5) is 0. The van der Waals surface area contributed by atoms with Crippen LogP contribution in [0.4, 0.5) is 0 Å². The lowest BCUT2D eigenvalue weighted by Crippen LogP contribution is -2.49. The SMILES string of the molecule is C[Si](C)(CCC1CC2CC1CC2[Si](C)(C)c1ccc([Si](C)(C)CCC2CC3CC2C2OC32)cc1)c1ccc([Si](C)(C)CCC2CC3CC2C2OC32)cc1. The van der Waals surface area contributed by atoms with Gasteiger partial charge in [-0.25, -0.2) is 0 Å². The smallest absolute Gasteiger partial charge is 0.0875 e. The predicted molar refractivity (Wildman–Crippen MR) is 234 cm³/mol. The van der Waals surface area contributed by atoms with Crippen molar-refractivity contribution in [2.75, 3.05) is 0 Å². The minimum absolute atomic E-state index is 0.666. The topological polar surface area (TPSA) is 25.1 Å². The molecule has 53 heavy (non-hydrogen) atoms. The van der Waals surface area contributed by atoms with Crippen molar-refractivity contribution in [1.82, 2.24) is 0 Å². The Morgan fingerprint density at radius 2 is 0.811 bits per heavy atom. The molecule has 8 fully saturated rings. The number of hydrogen-bond acceptors (Lipinski definition) is 2. The van der Waals surface area contributed by atoms with Crippen LogP contribution in [0.1, 0.15) is 64.2 Å². The molecule has 2 aromatic rings. The largest absolute Gasteiger partial charge is 0.369 e. The fourth-order valence-electron chi connectivity index (χ4n) is 14.8. The highest BCUT2D eigenvalue weighted by atomic mass is 28.3. The highest BCUT2D eigenvalue weighted by Crippen LogP contribution is 2.61. The molecule has 6 aliphatic carbocycles. The molecule has 0 amide bonds. The van der Waals surface area contributed by atoms with E-state index in [1.807, 2.05) is 0 Å². The molecular formula is C47H72O2Si4. The third-order valence-corrected chi connectivity index (χ3v) is 33.4. The number of benzene rings is 2. The first-order valence-electron chi connectivity index (χ1n) is 22.7. The van der Waals surface area contributed by atoms with Crippen LogP contribution < -0.4 is 20.7 Å². The minimum Gasteiger partial charge on any atom is -0.369 e. The van der Waals surface area contributed by atoms with E-state index in [1.165, 1.54) is 82.3 Å². The van der Waals surface area contributed by atoms with Crippen LogP contribution >= 0.6 is 0 Å². The van der Waals surface area contributed by atoms with Gasteiger partial charge in [0.05, 0.1) is 56.7 Å². The highest BCUT2D eigenvalue weighted by Gasteiger charge is 2.64. The van der Waals surface area contributed by atoms with E-state index in [-0.39, 0.29) is 0 Å². The summed E-state index contributed by atoms with van der Waals surface area (Å²) in [5.41, 5.74) is 0.985. The highest BCUT2D eigenvalue weighted by molar-refractivity contribution is 6.92. The minimum atomic E-state index is -1.51. The summed E-state index contributed by atoms with van der Waals surface area (Å²) in [5, 5.41) is 6.84. The Morgan fingerprint density at radius 3 is 1.19 bits per heavy atom. The third kappa shape index (κ3) is 6.40. The molecule has 6 saturated carbocycles. The molecule has 2 aliphatic heterocycles. The van der Waals surface area contributed by atoms with Gasteiger partial charge in [-0.1, -0.05) is 159 Å². The van der Waals surface area contributed by atoms with Crippen molar-refractivity contribution in [3.63, 3.8) is 0 Å². The van der Waals surface area contributed by atoms with E-state index in [1.54, 1.807) is 20.7 Å². The first kappa shape index (κ1) is 36.6. The lowest BCUT2D eigenvalue weighted by atomic mass is 9.86. The molecule has 288 valence electrons. The maximum Gasteiger partial charge on any atom is 0.0875 e. The van der Waals surface area contributed by atoms with E-state index in [9.17, 15) is 0 Å². The normalized spacial score (nSPS) is 40.6. The lowest BCUT2D eigenvalue weighted by Gasteiger charge is -2.39. The van der Waals surface area contributed by atoms with Gasteiger partial charge in [-0.15, -0.1) is 0 Å². The number of hydrogen-bond donors (Lipinski definition) is 0. The molecule has 0 N–H and O–H groups in total. The van der Waals surface area contributed by atoms with Crippen molar-refractivity contribution in [2.24, 2.45) is 53.3 Å². The van der Waals surface area contributed by atoms with Crippen molar-refractivity contribution in [1.29, 1.82) is 0 Å². The van der Waals surface area contributed by atoms with Crippen LogP contribution in [0.25, 0.3) is 0 Å². The average Bonchev–Trinajstić information content (AvgIpc) is 3.71. The van der Waals surface area contributed by atoms with Gasteiger partial charge < -0.3 is 9.47 Å². The predicted octanol–water partition coefficient (Wildman–Crippen LogP) is 9.48. The van der Waals surface area contributed by atoms with Crippen LogP contribution in [0.5, 0.6) is 0 Å². The first-order valence-corrected chi connectivity index (χ1v) is 35.4. The van der Waals surface area contributed by atoms with Gasteiger partial charge >= 0.3 is 0 Å². The molecule has 14 unspecified atom stereocenters. The Labute approximate surface area is 327 Å². The summed E-state index contributed by atoms with van der Waals surface area (Å²) in [6.45, 7) is 21.4.